The van der Waals surface area contributed by atoms with Crippen LogP contribution in [0.25, 0.3) is 0 Å². The van der Waals surface area contributed by atoms with E-state index in [9.17, 15) is 5.11 Å². The third-order valence-electron chi connectivity index (χ3n) is 1.78. The fraction of sp³-hybridized carbons (Fsp3) is 0.222. The summed E-state index contributed by atoms with van der Waals surface area (Å²) in [7, 11) is 0. The van der Waals surface area contributed by atoms with Gasteiger partial charge in [-0.15, -0.1) is 0 Å². The van der Waals surface area contributed by atoms with E-state index in [1.807, 2.05) is 6.07 Å². The maximum atomic E-state index is 9.27. The SMILES string of the molecule is N#CC[C@@H](N)c1cc(Cl)c(O)c(Cl)c1. The first-order chi connectivity index (χ1) is 6.56. The average Bonchev–Trinajstić information content (AvgIpc) is 2.13. The summed E-state index contributed by atoms with van der Waals surface area (Å²) in [5.74, 6) is -0.166. The minimum absolute atomic E-state index is 0.140. The van der Waals surface area contributed by atoms with Crippen molar-refractivity contribution in [1.82, 2.24) is 0 Å². The van der Waals surface area contributed by atoms with Crippen LogP contribution in [0.2, 0.25) is 10.0 Å². The molecule has 1 aromatic rings. The third-order valence-corrected chi connectivity index (χ3v) is 2.35. The number of hydrogen-bond donors (Lipinski definition) is 2. The van der Waals surface area contributed by atoms with Crippen molar-refractivity contribution in [3.63, 3.8) is 0 Å². The van der Waals surface area contributed by atoms with Crippen LogP contribution in [0.3, 0.4) is 0 Å². The second-order valence-electron chi connectivity index (χ2n) is 2.80. The van der Waals surface area contributed by atoms with Crippen molar-refractivity contribution >= 4 is 23.2 Å². The molecule has 0 saturated heterocycles. The van der Waals surface area contributed by atoms with Crippen LogP contribution < -0.4 is 5.73 Å². The second-order valence-corrected chi connectivity index (χ2v) is 3.62. The van der Waals surface area contributed by atoms with Crippen molar-refractivity contribution in [2.45, 2.75) is 12.5 Å². The molecule has 0 aromatic heterocycles. The molecule has 1 atom stereocenters. The van der Waals surface area contributed by atoms with Gasteiger partial charge in [-0.25, -0.2) is 0 Å². The van der Waals surface area contributed by atoms with E-state index in [4.69, 9.17) is 34.2 Å². The number of hydrogen-bond acceptors (Lipinski definition) is 3. The van der Waals surface area contributed by atoms with Gasteiger partial charge in [0.2, 0.25) is 0 Å². The molecule has 1 aromatic carbocycles. The minimum Gasteiger partial charge on any atom is -0.505 e. The van der Waals surface area contributed by atoms with Gasteiger partial charge in [-0.1, -0.05) is 23.2 Å². The highest BCUT2D eigenvalue weighted by atomic mass is 35.5. The number of rotatable bonds is 2. The molecule has 74 valence electrons. The highest BCUT2D eigenvalue weighted by molar-refractivity contribution is 6.37. The van der Waals surface area contributed by atoms with Crippen molar-refractivity contribution in [3.8, 4) is 11.8 Å². The van der Waals surface area contributed by atoms with Gasteiger partial charge >= 0.3 is 0 Å². The largest absolute Gasteiger partial charge is 0.505 e. The fourth-order valence-corrected chi connectivity index (χ4v) is 1.52. The topological polar surface area (TPSA) is 70.0 Å². The van der Waals surface area contributed by atoms with Gasteiger partial charge in [0, 0.05) is 6.04 Å². The zero-order valence-corrected chi connectivity index (χ0v) is 8.68. The predicted octanol–water partition coefficient (Wildman–Crippen LogP) is 2.61. The Balaban J connectivity index is 3.07. The van der Waals surface area contributed by atoms with E-state index in [0.29, 0.717) is 5.56 Å². The summed E-state index contributed by atoms with van der Waals surface area (Å²) < 4.78 is 0. The monoisotopic (exact) mass is 230 g/mol. The Morgan fingerprint density at radius 1 is 1.43 bits per heavy atom. The molecule has 0 saturated carbocycles. The Labute approximate surface area is 91.7 Å². The number of nitriles is 1. The summed E-state index contributed by atoms with van der Waals surface area (Å²) in [5.41, 5.74) is 6.31. The number of phenols is 1. The third kappa shape index (κ3) is 2.30. The first-order valence-corrected chi connectivity index (χ1v) is 4.62. The summed E-state index contributed by atoms with van der Waals surface area (Å²) in [6, 6.07) is 4.52. The molecule has 0 amide bonds. The molecule has 5 heteroatoms. The quantitative estimate of drug-likeness (QED) is 0.821. The number of aromatic hydroxyl groups is 1. The summed E-state index contributed by atoms with van der Waals surface area (Å²) in [6.45, 7) is 0. The van der Waals surface area contributed by atoms with Crippen LogP contribution in [0, 0.1) is 11.3 Å². The van der Waals surface area contributed by atoms with Gasteiger partial charge in [0.1, 0.15) is 0 Å². The Morgan fingerprint density at radius 2 is 1.93 bits per heavy atom. The van der Waals surface area contributed by atoms with Gasteiger partial charge in [0.15, 0.2) is 5.75 Å². The molecule has 0 spiro atoms. The van der Waals surface area contributed by atoms with Gasteiger partial charge in [0.05, 0.1) is 22.5 Å². The molecule has 0 heterocycles. The minimum atomic E-state index is -0.435. The number of benzene rings is 1. The summed E-state index contributed by atoms with van der Waals surface area (Å²) in [5, 5.41) is 18.0. The van der Waals surface area contributed by atoms with Crippen LogP contribution in [-0.4, -0.2) is 5.11 Å². The number of nitrogens with two attached hydrogens (primary N) is 1. The van der Waals surface area contributed by atoms with E-state index < -0.39 is 6.04 Å². The lowest BCUT2D eigenvalue weighted by Crippen LogP contribution is -2.09. The highest BCUT2D eigenvalue weighted by Crippen LogP contribution is 2.34. The Hall–Kier alpha value is -0.950. The van der Waals surface area contributed by atoms with Gasteiger partial charge < -0.3 is 10.8 Å². The molecular formula is C9H8Cl2N2O. The molecule has 1 rings (SSSR count). The molecule has 0 fully saturated rings. The predicted molar refractivity (Wildman–Crippen MR) is 55.3 cm³/mol. The summed E-state index contributed by atoms with van der Waals surface area (Å²) in [4.78, 5) is 0. The second kappa shape index (κ2) is 4.52. The van der Waals surface area contributed by atoms with E-state index in [0.717, 1.165) is 0 Å². The Bertz CT molecular complexity index is 364. The maximum absolute atomic E-state index is 9.27. The van der Waals surface area contributed by atoms with E-state index in [-0.39, 0.29) is 22.2 Å². The van der Waals surface area contributed by atoms with Gasteiger partial charge in [-0.05, 0) is 17.7 Å². The highest BCUT2D eigenvalue weighted by Gasteiger charge is 2.11. The lowest BCUT2D eigenvalue weighted by molar-refractivity contribution is 0.475. The maximum Gasteiger partial charge on any atom is 0.152 e. The molecular weight excluding hydrogens is 223 g/mol. The molecule has 3 nitrogen and oxygen atoms in total. The van der Waals surface area contributed by atoms with Crippen molar-refractivity contribution in [3.05, 3.63) is 27.7 Å². The van der Waals surface area contributed by atoms with Crippen LogP contribution in [-0.2, 0) is 0 Å². The Morgan fingerprint density at radius 3 is 2.36 bits per heavy atom. The lowest BCUT2D eigenvalue weighted by atomic mass is 10.1. The van der Waals surface area contributed by atoms with Crippen molar-refractivity contribution in [2.75, 3.05) is 0 Å². The van der Waals surface area contributed by atoms with Gasteiger partial charge in [-0.2, -0.15) is 5.26 Å². The lowest BCUT2D eigenvalue weighted by Gasteiger charge is -2.09. The van der Waals surface area contributed by atoms with Gasteiger partial charge in [0.25, 0.3) is 0 Å². The molecule has 0 unspecified atom stereocenters. The molecule has 0 bridgehead atoms. The van der Waals surface area contributed by atoms with Crippen LogP contribution in [0.5, 0.6) is 5.75 Å². The number of nitrogens with zero attached hydrogens (tertiary/aromatic N) is 1. The average molecular weight is 231 g/mol. The normalized spacial score (nSPS) is 12.1. The molecule has 0 aliphatic rings. The standard InChI is InChI=1S/C9H8Cl2N2O/c10-6-3-5(8(13)1-2-12)4-7(11)9(6)14/h3-4,8,14H,1,13H2/t8-/m1/s1. The zero-order valence-electron chi connectivity index (χ0n) is 7.17. The Kier molecular flexibility index (Phi) is 3.59. The van der Waals surface area contributed by atoms with Crippen molar-refractivity contribution in [2.24, 2.45) is 5.73 Å². The van der Waals surface area contributed by atoms with Crippen LogP contribution in [0.15, 0.2) is 12.1 Å². The van der Waals surface area contributed by atoms with Gasteiger partial charge in [-0.3, -0.25) is 0 Å². The van der Waals surface area contributed by atoms with Crippen LogP contribution in [0.4, 0.5) is 0 Å². The first-order valence-electron chi connectivity index (χ1n) is 3.86. The van der Waals surface area contributed by atoms with E-state index >= 15 is 0 Å². The molecule has 0 radical (unpaired) electrons. The molecule has 3 N–H and O–H groups in total. The first kappa shape index (κ1) is 11.1. The zero-order chi connectivity index (χ0) is 10.7. The smallest absolute Gasteiger partial charge is 0.152 e. The molecule has 14 heavy (non-hydrogen) atoms. The van der Waals surface area contributed by atoms with E-state index in [2.05, 4.69) is 0 Å². The molecule has 0 aliphatic carbocycles. The van der Waals surface area contributed by atoms with Crippen molar-refractivity contribution < 1.29 is 5.11 Å². The molecule has 0 aliphatic heterocycles. The van der Waals surface area contributed by atoms with Crippen LogP contribution in [0.1, 0.15) is 18.0 Å². The van der Waals surface area contributed by atoms with E-state index in [1.54, 1.807) is 0 Å². The number of halogens is 2. The van der Waals surface area contributed by atoms with Crippen LogP contribution >= 0.6 is 23.2 Å². The van der Waals surface area contributed by atoms with Crippen molar-refractivity contribution in [1.29, 1.82) is 5.26 Å². The fourth-order valence-electron chi connectivity index (χ4n) is 1.02. The van der Waals surface area contributed by atoms with E-state index in [1.165, 1.54) is 12.1 Å². The number of phenolic OH excluding ortho intramolecular Hbond substituents is 1. The summed E-state index contributed by atoms with van der Waals surface area (Å²) in [6.07, 6.45) is 0.178. The summed E-state index contributed by atoms with van der Waals surface area (Å²) >= 11 is 11.4.